The molecule has 2 amide bonds. The largest absolute Gasteiger partial charge is 0.449 e. The highest BCUT2D eigenvalue weighted by molar-refractivity contribution is 6.09. The SMILES string of the molecule is O=C(NCCCN1CCN(c2ccc(F)cc2)CC1)c1ccc(/C=C2\Oc3ccccc3N(Cc3ccccc3F)C2=O)cc1. The topological polar surface area (TPSA) is 65.1 Å². The fourth-order valence-corrected chi connectivity index (χ4v) is 5.59. The van der Waals surface area contributed by atoms with Crippen molar-refractivity contribution in [2.75, 3.05) is 49.1 Å². The number of benzene rings is 4. The number of carbonyl (C=O) groups excluding carboxylic acids is 2. The summed E-state index contributed by atoms with van der Waals surface area (Å²) in [7, 11) is 0. The van der Waals surface area contributed by atoms with E-state index in [1.54, 1.807) is 66.7 Å². The Morgan fingerprint density at radius 3 is 2.31 bits per heavy atom. The highest BCUT2D eigenvalue weighted by Gasteiger charge is 2.30. The van der Waals surface area contributed by atoms with Crippen molar-refractivity contribution in [2.24, 2.45) is 0 Å². The predicted octanol–water partition coefficient (Wildman–Crippen LogP) is 5.87. The molecule has 4 aromatic rings. The molecule has 2 aliphatic heterocycles. The smallest absolute Gasteiger partial charge is 0.294 e. The summed E-state index contributed by atoms with van der Waals surface area (Å²) in [5.41, 5.74) is 3.23. The quantitative estimate of drug-likeness (QED) is 0.190. The van der Waals surface area contributed by atoms with Crippen molar-refractivity contribution in [1.29, 1.82) is 0 Å². The molecule has 2 aliphatic rings. The second-order valence-electron chi connectivity index (χ2n) is 11.1. The minimum atomic E-state index is -0.380. The van der Waals surface area contributed by atoms with Crippen LogP contribution in [0.1, 0.15) is 27.9 Å². The first-order valence-corrected chi connectivity index (χ1v) is 15.1. The molecule has 230 valence electrons. The lowest BCUT2D eigenvalue weighted by Gasteiger charge is -2.36. The summed E-state index contributed by atoms with van der Waals surface area (Å²) in [4.78, 5) is 32.4. The lowest BCUT2D eigenvalue weighted by molar-refractivity contribution is -0.117. The van der Waals surface area contributed by atoms with Gasteiger partial charge < -0.3 is 15.0 Å². The zero-order chi connectivity index (χ0) is 31.2. The van der Waals surface area contributed by atoms with Crippen LogP contribution in [-0.4, -0.2) is 56.0 Å². The number of amides is 2. The predicted molar refractivity (Wildman–Crippen MR) is 171 cm³/mol. The number of ether oxygens (including phenoxy) is 1. The molecule has 0 aliphatic carbocycles. The summed E-state index contributed by atoms with van der Waals surface area (Å²) in [6.45, 7) is 5.11. The normalized spacial score (nSPS) is 16.0. The number of hydrogen-bond donors (Lipinski definition) is 1. The maximum absolute atomic E-state index is 14.4. The molecule has 45 heavy (non-hydrogen) atoms. The Morgan fingerprint density at radius 2 is 1.56 bits per heavy atom. The van der Waals surface area contributed by atoms with Crippen LogP contribution < -0.4 is 19.9 Å². The number of piperazine rings is 1. The van der Waals surface area contributed by atoms with Gasteiger partial charge in [0.2, 0.25) is 0 Å². The van der Waals surface area contributed by atoms with E-state index in [4.69, 9.17) is 4.74 Å². The number of hydrogen-bond acceptors (Lipinski definition) is 5. The van der Waals surface area contributed by atoms with Gasteiger partial charge in [-0.25, -0.2) is 8.78 Å². The number of halogens is 2. The Balaban J connectivity index is 1.01. The fraction of sp³-hybridized carbons (Fsp3) is 0.222. The van der Waals surface area contributed by atoms with Crippen molar-refractivity contribution in [2.45, 2.75) is 13.0 Å². The molecule has 2 heterocycles. The van der Waals surface area contributed by atoms with Gasteiger partial charge in [-0.05, 0) is 79.2 Å². The summed E-state index contributed by atoms with van der Waals surface area (Å²) in [6, 6.07) is 27.1. The number of nitrogens with zero attached hydrogens (tertiary/aromatic N) is 3. The van der Waals surface area contributed by atoms with Gasteiger partial charge in [0, 0.05) is 49.5 Å². The van der Waals surface area contributed by atoms with E-state index in [1.165, 1.54) is 23.1 Å². The van der Waals surface area contributed by atoms with E-state index in [-0.39, 0.29) is 35.8 Å². The Bertz CT molecular complexity index is 1680. The molecule has 0 bridgehead atoms. The van der Waals surface area contributed by atoms with Crippen molar-refractivity contribution in [3.05, 3.63) is 131 Å². The van der Waals surface area contributed by atoms with Gasteiger partial charge in [-0.15, -0.1) is 0 Å². The average Bonchev–Trinajstić information content (AvgIpc) is 3.07. The molecule has 0 radical (unpaired) electrons. The molecule has 0 atom stereocenters. The molecule has 0 saturated carbocycles. The number of anilines is 2. The van der Waals surface area contributed by atoms with Crippen LogP contribution in [0.3, 0.4) is 0 Å². The van der Waals surface area contributed by atoms with Gasteiger partial charge in [-0.3, -0.25) is 19.4 Å². The standard InChI is InChI=1S/C36H34F2N4O3/c37-29-14-16-30(17-15-29)41-22-20-40(21-23-41)19-5-18-39-35(43)27-12-10-26(11-13-27)24-34-36(44)42(25-28-6-1-2-7-31(28)38)32-8-3-4-9-33(32)45-34/h1-4,6-17,24H,5,18-23,25H2,(H,39,43)/b34-24-. The lowest BCUT2D eigenvalue weighted by Crippen LogP contribution is -2.47. The van der Waals surface area contributed by atoms with Gasteiger partial charge in [0.15, 0.2) is 11.5 Å². The van der Waals surface area contributed by atoms with Crippen LogP contribution in [0.15, 0.2) is 103 Å². The first-order valence-electron chi connectivity index (χ1n) is 15.1. The van der Waals surface area contributed by atoms with E-state index in [2.05, 4.69) is 15.1 Å². The van der Waals surface area contributed by atoms with Crippen LogP contribution >= 0.6 is 0 Å². The van der Waals surface area contributed by atoms with Crippen LogP contribution in [0.2, 0.25) is 0 Å². The molecule has 0 unspecified atom stereocenters. The van der Waals surface area contributed by atoms with Crippen LogP contribution in [-0.2, 0) is 11.3 Å². The summed E-state index contributed by atoms with van der Waals surface area (Å²) in [6.07, 6.45) is 2.46. The lowest BCUT2D eigenvalue weighted by atomic mass is 10.1. The number of fused-ring (bicyclic) bond motifs is 1. The highest BCUT2D eigenvalue weighted by atomic mass is 19.1. The molecule has 6 rings (SSSR count). The third-order valence-electron chi connectivity index (χ3n) is 8.09. The van der Waals surface area contributed by atoms with Gasteiger partial charge in [-0.2, -0.15) is 0 Å². The van der Waals surface area contributed by atoms with Crippen molar-refractivity contribution in [3.8, 4) is 5.75 Å². The molecule has 1 saturated heterocycles. The van der Waals surface area contributed by atoms with E-state index in [1.807, 2.05) is 18.2 Å². The van der Waals surface area contributed by atoms with Crippen LogP contribution in [0.5, 0.6) is 5.75 Å². The zero-order valence-electron chi connectivity index (χ0n) is 24.8. The summed E-state index contributed by atoms with van der Waals surface area (Å²) in [5, 5.41) is 2.99. The third-order valence-corrected chi connectivity index (χ3v) is 8.09. The Labute approximate surface area is 261 Å². The van der Waals surface area contributed by atoms with Crippen LogP contribution in [0.4, 0.5) is 20.2 Å². The van der Waals surface area contributed by atoms with Gasteiger partial charge >= 0.3 is 0 Å². The number of nitrogens with one attached hydrogen (secondary N) is 1. The second kappa shape index (κ2) is 13.7. The molecular weight excluding hydrogens is 574 g/mol. The van der Waals surface area contributed by atoms with Crippen molar-refractivity contribution in [1.82, 2.24) is 10.2 Å². The van der Waals surface area contributed by atoms with E-state index in [9.17, 15) is 18.4 Å². The van der Waals surface area contributed by atoms with Crippen molar-refractivity contribution >= 4 is 29.3 Å². The Hall–Kier alpha value is -5.02. The minimum Gasteiger partial charge on any atom is -0.449 e. The summed E-state index contributed by atoms with van der Waals surface area (Å²) < 4.78 is 33.6. The number of rotatable bonds is 9. The van der Waals surface area contributed by atoms with Crippen molar-refractivity contribution in [3.63, 3.8) is 0 Å². The number of carbonyl (C=O) groups is 2. The average molecular weight is 609 g/mol. The minimum absolute atomic E-state index is 0.0640. The zero-order valence-corrected chi connectivity index (χ0v) is 24.8. The maximum Gasteiger partial charge on any atom is 0.294 e. The second-order valence-corrected chi connectivity index (χ2v) is 11.1. The Kier molecular flexibility index (Phi) is 9.17. The molecule has 9 heteroatoms. The first kappa shape index (κ1) is 30.0. The maximum atomic E-state index is 14.4. The van der Waals surface area contributed by atoms with E-state index in [0.717, 1.165) is 44.8 Å². The third kappa shape index (κ3) is 7.21. The molecule has 1 fully saturated rings. The monoisotopic (exact) mass is 608 g/mol. The molecule has 7 nitrogen and oxygen atoms in total. The van der Waals surface area contributed by atoms with Crippen molar-refractivity contribution < 1.29 is 23.1 Å². The molecule has 1 N–H and O–H groups in total. The van der Waals surface area contributed by atoms with E-state index < -0.39 is 0 Å². The molecule has 0 aromatic heterocycles. The van der Waals surface area contributed by atoms with Gasteiger partial charge in [0.25, 0.3) is 11.8 Å². The van der Waals surface area contributed by atoms with Gasteiger partial charge in [0.1, 0.15) is 11.6 Å². The Morgan fingerprint density at radius 1 is 0.844 bits per heavy atom. The number of para-hydroxylation sites is 2. The highest BCUT2D eigenvalue weighted by Crippen LogP contribution is 2.36. The van der Waals surface area contributed by atoms with Crippen LogP contribution in [0.25, 0.3) is 6.08 Å². The molecule has 4 aromatic carbocycles. The van der Waals surface area contributed by atoms with Crippen LogP contribution in [0, 0.1) is 11.6 Å². The first-order chi connectivity index (χ1) is 21.9. The van der Waals surface area contributed by atoms with E-state index in [0.29, 0.717) is 34.7 Å². The molecule has 0 spiro atoms. The molecular formula is C36H34F2N4O3. The van der Waals surface area contributed by atoms with Gasteiger partial charge in [-0.1, -0.05) is 42.5 Å². The summed E-state index contributed by atoms with van der Waals surface area (Å²) >= 11 is 0. The fourth-order valence-electron chi connectivity index (χ4n) is 5.59. The summed E-state index contributed by atoms with van der Waals surface area (Å²) in [5.74, 6) is -0.530. The van der Waals surface area contributed by atoms with Gasteiger partial charge in [0.05, 0.1) is 12.2 Å². The van der Waals surface area contributed by atoms with E-state index >= 15 is 0 Å².